The number of rotatable bonds is 7. The SMILES string of the molecule is COc1ccc(C=CC(=O)Oc2ccccc2C(=O)c2ccc(OC)cc2)cc1. The van der Waals surface area contributed by atoms with Gasteiger partial charge in [-0.05, 0) is 60.2 Å². The molecule has 0 heterocycles. The standard InChI is InChI=1S/C24H20O5/c1-27-19-12-7-17(8-13-19)9-16-23(25)29-22-6-4-3-5-21(22)24(26)18-10-14-20(28-2)15-11-18/h3-16H,1-2H3. The first kappa shape index (κ1) is 19.9. The van der Waals surface area contributed by atoms with Gasteiger partial charge in [0.25, 0.3) is 0 Å². The molecular formula is C24H20O5. The van der Waals surface area contributed by atoms with Gasteiger partial charge in [-0.15, -0.1) is 0 Å². The number of methoxy groups -OCH3 is 2. The van der Waals surface area contributed by atoms with E-state index in [2.05, 4.69) is 0 Å². The van der Waals surface area contributed by atoms with Crippen LogP contribution in [0.1, 0.15) is 21.5 Å². The number of benzene rings is 3. The summed E-state index contributed by atoms with van der Waals surface area (Å²) in [7, 11) is 3.15. The van der Waals surface area contributed by atoms with E-state index in [4.69, 9.17) is 14.2 Å². The fourth-order valence-electron chi connectivity index (χ4n) is 2.66. The normalized spacial score (nSPS) is 10.6. The van der Waals surface area contributed by atoms with Crippen molar-refractivity contribution in [3.63, 3.8) is 0 Å². The molecule has 0 amide bonds. The molecule has 0 spiro atoms. The second-order valence-corrected chi connectivity index (χ2v) is 6.08. The Morgan fingerprint density at radius 3 is 1.97 bits per heavy atom. The first-order valence-electron chi connectivity index (χ1n) is 8.92. The Labute approximate surface area is 169 Å². The van der Waals surface area contributed by atoms with Crippen molar-refractivity contribution < 1.29 is 23.8 Å². The first-order chi connectivity index (χ1) is 14.1. The third-order valence-electron chi connectivity index (χ3n) is 4.22. The van der Waals surface area contributed by atoms with Crippen LogP contribution in [0.4, 0.5) is 0 Å². The van der Waals surface area contributed by atoms with Gasteiger partial charge in [-0.25, -0.2) is 4.79 Å². The van der Waals surface area contributed by atoms with E-state index in [0.717, 1.165) is 11.3 Å². The van der Waals surface area contributed by atoms with Gasteiger partial charge in [0.2, 0.25) is 0 Å². The third kappa shape index (κ3) is 5.11. The Morgan fingerprint density at radius 1 is 0.759 bits per heavy atom. The van der Waals surface area contributed by atoms with E-state index in [1.54, 1.807) is 81.0 Å². The lowest BCUT2D eigenvalue weighted by Crippen LogP contribution is -2.09. The summed E-state index contributed by atoms with van der Waals surface area (Å²) >= 11 is 0. The molecule has 0 bridgehead atoms. The van der Waals surface area contributed by atoms with E-state index in [1.165, 1.54) is 6.08 Å². The van der Waals surface area contributed by atoms with Gasteiger partial charge >= 0.3 is 5.97 Å². The van der Waals surface area contributed by atoms with Crippen LogP contribution in [-0.2, 0) is 4.79 Å². The Kier molecular flexibility index (Phi) is 6.43. The molecule has 3 rings (SSSR count). The lowest BCUT2D eigenvalue weighted by atomic mass is 10.0. The van der Waals surface area contributed by atoms with E-state index < -0.39 is 5.97 Å². The predicted octanol–water partition coefficient (Wildman–Crippen LogP) is 4.55. The highest BCUT2D eigenvalue weighted by Gasteiger charge is 2.16. The lowest BCUT2D eigenvalue weighted by Gasteiger charge is -2.08. The first-order valence-corrected chi connectivity index (χ1v) is 8.92. The van der Waals surface area contributed by atoms with Crippen LogP contribution in [-0.4, -0.2) is 26.0 Å². The van der Waals surface area contributed by atoms with Crippen LogP contribution in [0.15, 0.2) is 78.9 Å². The van der Waals surface area contributed by atoms with Crippen LogP contribution in [0.2, 0.25) is 0 Å². The highest BCUT2D eigenvalue weighted by Crippen LogP contribution is 2.23. The van der Waals surface area contributed by atoms with Gasteiger partial charge in [-0.1, -0.05) is 24.3 Å². The number of ketones is 1. The quantitative estimate of drug-likeness (QED) is 0.257. The highest BCUT2D eigenvalue weighted by atomic mass is 16.5. The van der Waals surface area contributed by atoms with Crippen LogP contribution in [0.3, 0.4) is 0 Å². The summed E-state index contributed by atoms with van der Waals surface area (Å²) in [4.78, 5) is 25.1. The van der Waals surface area contributed by atoms with Crippen molar-refractivity contribution in [1.82, 2.24) is 0 Å². The Bertz CT molecular complexity index is 1020. The van der Waals surface area contributed by atoms with E-state index in [0.29, 0.717) is 16.9 Å². The van der Waals surface area contributed by atoms with Crippen molar-refractivity contribution in [2.45, 2.75) is 0 Å². The van der Waals surface area contributed by atoms with Crippen LogP contribution < -0.4 is 14.2 Å². The largest absolute Gasteiger partial charge is 0.497 e. The molecule has 0 radical (unpaired) electrons. The number of ether oxygens (including phenoxy) is 3. The van der Waals surface area contributed by atoms with Crippen LogP contribution in [0, 0.1) is 0 Å². The minimum Gasteiger partial charge on any atom is -0.497 e. The highest BCUT2D eigenvalue weighted by molar-refractivity contribution is 6.11. The average Bonchev–Trinajstić information content (AvgIpc) is 2.78. The molecule has 3 aromatic carbocycles. The molecule has 0 aromatic heterocycles. The summed E-state index contributed by atoms with van der Waals surface area (Å²) in [5.41, 5.74) is 1.61. The minimum atomic E-state index is -0.573. The molecule has 0 aliphatic rings. The number of hydrogen-bond donors (Lipinski definition) is 0. The second kappa shape index (κ2) is 9.37. The molecule has 0 unspecified atom stereocenters. The Balaban J connectivity index is 1.74. The number of carbonyl (C=O) groups excluding carboxylic acids is 2. The summed E-state index contributed by atoms with van der Waals surface area (Å²) in [6.45, 7) is 0. The van der Waals surface area contributed by atoms with Gasteiger partial charge in [0.1, 0.15) is 17.2 Å². The Hall–Kier alpha value is -3.86. The molecule has 146 valence electrons. The summed E-state index contributed by atoms with van der Waals surface area (Å²) in [5.74, 6) is 0.782. The minimum absolute atomic E-state index is 0.206. The molecule has 0 saturated carbocycles. The van der Waals surface area contributed by atoms with Crippen molar-refractivity contribution in [3.05, 3.63) is 95.6 Å². The zero-order valence-electron chi connectivity index (χ0n) is 16.1. The molecule has 3 aromatic rings. The Morgan fingerprint density at radius 2 is 1.34 bits per heavy atom. The second-order valence-electron chi connectivity index (χ2n) is 6.08. The number of esters is 1. The zero-order valence-corrected chi connectivity index (χ0v) is 16.1. The van der Waals surface area contributed by atoms with Gasteiger partial charge in [-0.3, -0.25) is 4.79 Å². The molecule has 0 N–H and O–H groups in total. The van der Waals surface area contributed by atoms with Crippen molar-refractivity contribution >= 4 is 17.8 Å². The summed E-state index contributed by atoms with van der Waals surface area (Å²) in [6, 6.07) is 20.7. The van der Waals surface area contributed by atoms with Crippen LogP contribution in [0.5, 0.6) is 17.2 Å². The number of hydrogen-bond acceptors (Lipinski definition) is 5. The number of carbonyl (C=O) groups is 2. The maximum absolute atomic E-state index is 12.8. The maximum Gasteiger partial charge on any atom is 0.336 e. The molecule has 0 fully saturated rings. The summed E-state index contributed by atoms with van der Waals surface area (Å²) < 4.78 is 15.6. The van der Waals surface area contributed by atoms with Crippen molar-refractivity contribution in [2.75, 3.05) is 14.2 Å². The monoisotopic (exact) mass is 388 g/mol. The van der Waals surface area contributed by atoms with Crippen LogP contribution in [0.25, 0.3) is 6.08 Å². The molecule has 0 saturated heterocycles. The molecular weight excluding hydrogens is 368 g/mol. The van der Waals surface area contributed by atoms with Gasteiger partial charge < -0.3 is 14.2 Å². The van der Waals surface area contributed by atoms with E-state index in [1.807, 2.05) is 12.1 Å². The fourth-order valence-corrected chi connectivity index (χ4v) is 2.66. The van der Waals surface area contributed by atoms with Gasteiger partial charge in [0.15, 0.2) is 5.78 Å². The van der Waals surface area contributed by atoms with Crippen molar-refractivity contribution in [2.24, 2.45) is 0 Å². The molecule has 0 aliphatic carbocycles. The lowest BCUT2D eigenvalue weighted by molar-refractivity contribution is -0.128. The fraction of sp³-hybridized carbons (Fsp3) is 0.0833. The molecule has 5 heteroatoms. The predicted molar refractivity (Wildman–Crippen MR) is 111 cm³/mol. The van der Waals surface area contributed by atoms with E-state index >= 15 is 0 Å². The van der Waals surface area contributed by atoms with Crippen LogP contribution >= 0.6 is 0 Å². The smallest absolute Gasteiger partial charge is 0.336 e. The van der Waals surface area contributed by atoms with Gasteiger partial charge in [0, 0.05) is 11.6 Å². The molecule has 29 heavy (non-hydrogen) atoms. The van der Waals surface area contributed by atoms with E-state index in [9.17, 15) is 9.59 Å². The summed E-state index contributed by atoms with van der Waals surface area (Å²) in [5, 5.41) is 0. The van der Waals surface area contributed by atoms with Gasteiger partial charge in [-0.2, -0.15) is 0 Å². The van der Waals surface area contributed by atoms with Crippen molar-refractivity contribution in [1.29, 1.82) is 0 Å². The number of para-hydroxylation sites is 1. The maximum atomic E-state index is 12.8. The third-order valence-corrected chi connectivity index (χ3v) is 4.22. The molecule has 5 nitrogen and oxygen atoms in total. The molecule has 0 atom stereocenters. The van der Waals surface area contributed by atoms with Crippen molar-refractivity contribution in [3.8, 4) is 17.2 Å². The summed E-state index contributed by atoms with van der Waals surface area (Å²) in [6.07, 6.45) is 2.95. The molecule has 0 aliphatic heterocycles. The van der Waals surface area contributed by atoms with Gasteiger partial charge in [0.05, 0.1) is 19.8 Å². The average molecular weight is 388 g/mol. The zero-order chi connectivity index (χ0) is 20.6. The topological polar surface area (TPSA) is 61.8 Å². The van der Waals surface area contributed by atoms with E-state index in [-0.39, 0.29) is 11.5 Å².